The van der Waals surface area contributed by atoms with Gasteiger partial charge in [-0.2, -0.15) is 15.9 Å². The van der Waals surface area contributed by atoms with Crippen LogP contribution in [0.1, 0.15) is 5.56 Å². The molecule has 0 saturated carbocycles. The maximum absolute atomic E-state index is 10.5. The van der Waals surface area contributed by atoms with E-state index in [-0.39, 0.29) is 4.90 Å². The molecule has 0 fully saturated rings. The normalized spacial score (nSPS) is 9.45. The summed E-state index contributed by atoms with van der Waals surface area (Å²) in [5.74, 6) is 0. The molecule has 1 aromatic rings. The first kappa shape index (κ1) is 7.69. The number of nitrogens with one attached hydrogen (secondary N) is 1. The first-order valence-electron chi connectivity index (χ1n) is 2.72. The molecule has 0 atom stereocenters. The van der Waals surface area contributed by atoms with Gasteiger partial charge in [-0.1, -0.05) is 11.0 Å². The van der Waals surface area contributed by atoms with Gasteiger partial charge in [0.05, 0.1) is 5.56 Å². The van der Waals surface area contributed by atoms with E-state index in [4.69, 9.17) is 10.0 Å². The minimum Gasteiger partial charge on any atom is -0.440 e. The highest BCUT2D eigenvalue weighted by molar-refractivity contribution is 7.73. The molecule has 0 amide bonds. The molecule has 0 radical (unpaired) electrons. The number of nitriles is 1. The highest BCUT2D eigenvalue weighted by Crippen LogP contribution is 2.02. The number of hydrogen-bond acceptors (Lipinski definition) is 5. The second-order valence-corrected chi connectivity index (χ2v) is 2.80. The molecule has 0 aliphatic rings. The zero-order valence-corrected chi connectivity index (χ0v) is 6.26. The van der Waals surface area contributed by atoms with Crippen LogP contribution in [0, 0.1) is 16.1 Å². The van der Waals surface area contributed by atoms with Gasteiger partial charge in [-0.25, -0.2) is 0 Å². The summed E-state index contributed by atoms with van der Waals surface area (Å²) in [6.07, 6.45) is 2.67. The van der Waals surface area contributed by atoms with Crippen LogP contribution in [0.4, 0.5) is 0 Å². The van der Waals surface area contributed by atoms with Gasteiger partial charge in [-0.3, -0.25) is 4.98 Å². The standard InChI is InChI=1S/C6H4N3OS/c7-2-5-1-6(11(8)10)4-9-3-5/h1,3-4,8H/q-1. The van der Waals surface area contributed by atoms with Crippen LogP contribution in [-0.4, -0.2) is 4.98 Å². The number of pyridine rings is 1. The summed E-state index contributed by atoms with van der Waals surface area (Å²) in [5, 5.41) is 8.39. The lowest BCUT2D eigenvalue weighted by molar-refractivity contribution is 0.599. The second-order valence-electron chi connectivity index (χ2n) is 1.79. The van der Waals surface area contributed by atoms with Crippen molar-refractivity contribution in [2.24, 2.45) is 0 Å². The van der Waals surface area contributed by atoms with Crippen LogP contribution in [0.2, 0.25) is 0 Å². The van der Waals surface area contributed by atoms with Gasteiger partial charge in [0.1, 0.15) is 6.07 Å². The monoisotopic (exact) mass is 166 g/mol. The van der Waals surface area contributed by atoms with Gasteiger partial charge >= 0.3 is 0 Å². The van der Waals surface area contributed by atoms with E-state index < -0.39 is 10.6 Å². The predicted molar refractivity (Wildman–Crippen MR) is 38.0 cm³/mol. The molecular weight excluding hydrogens is 162 g/mol. The minimum atomic E-state index is -1.80. The Labute approximate surface area is 65.5 Å². The van der Waals surface area contributed by atoms with Crippen molar-refractivity contribution in [2.75, 3.05) is 0 Å². The van der Waals surface area contributed by atoms with Gasteiger partial charge in [0.15, 0.2) is 0 Å². The third-order valence-electron chi connectivity index (χ3n) is 1.06. The fourth-order valence-electron chi connectivity index (χ4n) is 0.581. The smallest absolute Gasteiger partial charge is 0.101 e. The molecule has 0 aliphatic heterocycles. The maximum atomic E-state index is 10.5. The second kappa shape index (κ2) is 3.12. The molecule has 0 unspecified atom stereocenters. The number of nitrogens with zero attached hydrogens (tertiary/aromatic N) is 2. The molecule has 5 heteroatoms. The molecular formula is C6H4N3OS-. The lowest BCUT2D eigenvalue weighted by Crippen LogP contribution is -1.82. The average Bonchev–Trinajstić information content (AvgIpc) is 2.05. The van der Waals surface area contributed by atoms with E-state index in [1.54, 1.807) is 0 Å². The summed E-state index contributed by atoms with van der Waals surface area (Å²) in [7, 11) is -1.80. The van der Waals surface area contributed by atoms with Crippen molar-refractivity contribution in [3.05, 3.63) is 24.0 Å². The van der Waals surface area contributed by atoms with Gasteiger partial charge < -0.3 is 8.99 Å². The van der Waals surface area contributed by atoms with Crippen molar-refractivity contribution in [1.82, 2.24) is 4.98 Å². The molecule has 1 aromatic heterocycles. The Morgan fingerprint density at radius 1 is 1.64 bits per heavy atom. The third kappa shape index (κ3) is 1.75. The molecule has 0 aromatic carbocycles. The quantitative estimate of drug-likeness (QED) is 0.633. The lowest BCUT2D eigenvalue weighted by Gasteiger charge is -1.98. The molecule has 0 spiro atoms. The SMILES string of the molecule is N#Cc1cncc([S-](=N)=O)c1. The molecule has 1 N–H and O–H groups in total. The van der Waals surface area contributed by atoms with Crippen molar-refractivity contribution in [2.45, 2.75) is 4.90 Å². The Balaban J connectivity index is 3.24. The van der Waals surface area contributed by atoms with Gasteiger partial charge in [-0.15, -0.1) is 0 Å². The van der Waals surface area contributed by atoms with E-state index in [9.17, 15) is 4.21 Å². The maximum Gasteiger partial charge on any atom is 0.101 e. The van der Waals surface area contributed by atoms with Gasteiger partial charge in [0.2, 0.25) is 0 Å². The van der Waals surface area contributed by atoms with E-state index >= 15 is 0 Å². The van der Waals surface area contributed by atoms with Crippen LogP contribution in [0.5, 0.6) is 0 Å². The summed E-state index contributed by atoms with van der Waals surface area (Å²) in [5.41, 5.74) is 0.322. The summed E-state index contributed by atoms with van der Waals surface area (Å²) in [6, 6.07) is 3.23. The largest absolute Gasteiger partial charge is 0.440 e. The number of aromatic nitrogens is 1. The molecule has 1 rings (SSSR count). The van der Waals surface area contributed by atoms with Crippen LogP contribution in [0.25, 0.3) is 0 Å². The zero-order chi connectivity index (χ0) is 8.27. The van der Waals surface area contributed by atoms with Crippen LogP contribution >= 0.6 is 0 Å². The molecule has 4 nitrogen and oxygen atoms in total. The van der Waals surface area contributed by atoms with E-state index in [1.807, 2.05) is 6.07 Å². The first-order chi connectivity index (χ1) is 5.24. The fraction of sp³-hybridized carbons (Fsp3) is 0. The van der Waals surface area contributed by atoms with E-state index in [1.165, 1.54) is 18.5 Å². The highest BCUT2D eigenvalue weighted by Gasteiger charge is 1.87. The van der Waals surface area contributed by atoms with Crippen molar-refractivity contribution >= 4 is 10.6 Å². The van der Waals surface area contributed by atoms with Crippen LogP contribution in [0.3, 0.4) is 0 Å². The average molecular weight is 166 g/mol. The number of rotatable bonds is 1. The summed E-state index contributed by atoms with van der Waals surface area (Å²) < 4.78 is 17.4. The van der Waals surface area contributed by atoms with Crippen LogP contribution in [0.15, 0.2) is 23.4 Å². The van der Waals surface area contributed by atoms with E-state index in [2.05, 4.69) is 4.98 Å². The summed E-state index contributed by atoms with van der Waals surface area (Å²) in [6.45, 7) is 0. The predicted octanol–water partition coefficient (Wildman–Crippen LogP) is 1.04. The van der Waals surface area contributed by atoms with Crippen molar-refractivity contribution in [3.8, 4) is 6.07 Å². The Kier molecular flexibility index (Phi) is 2.18. The van der Waals surface area contributed by atoms with Gasteiger partial charge in [0.25, 0.3) is 0 Å². The summed E-state index contributed by atoms with van der Waals surface area (Å²) >= 11 is 0. The zero-order valence-electron chi connectivity index (χ0n) is 5.44. The molecule has 11 heavy (non-hydrogen) atoms. The first-order valence-corrected chi connectivity index (χ1v) is 3.87. The molecule has 0 saturated heterocycles. The minimum absolute atomic E-state index is 0.254. The van der Waals surface area contributed by atoms with Crippen molar-refractivity contribution in [3.63, 3.8) is 0 Å². The van der Waals surface area contributed by atoms with Gasteiger partial charge in [-0.05, 0) is 0 Å². The molecule has 56 valence electrons. The molecule has 0 aliphatic carbocycles. The summed E-state index contributed by atoms with van der Waals surface area (Å²) in [4.78, 5) is 3.89. The Hall–Kier alpha value is -1.41. The van der Waals surface area contributed by atoms with Crippen molar-refractivity contribution < 1.29 is 4.21 Å². The number of hydrogen-bond donors (Lipinski definition) is 1. The third-order valence-corrected chi connectivity index (χ3v) is 1.71. The highest BCUT2D eigenvalue weighted by atomic mass is 32.2. The van der Waals surface area contributed by atoms with Crippen molar-refractivity contribution in [1.29, 1.82) is 10.0 Å². The lowest BCUT2D eigenvalue weighted by atomic mass is 10.3. The Morgan fingerprint density at radius 3 is 2.91 bits per heavy atom. The Bertz CT molecular complexity index is 370. The van der Waals surface area contributed by atoms with E-state index in [0.29, 0.717) is 5.56 Å². The van der Waals surface area contributed by atoms with E-state index in [0.717, 1.165) is 0 Å². The fourth-order valence-corrected chi connectivity index (χ4v) is 0.972. The van der Waals surface area contributed by atoms with Crippen LogP contribution < -0.4 is 0 Å². The van der Waals surface area contributed by atoms with Crippen LogP contribution in [-0.2, 0) is 14.8 Å². The Morgan fingerprint density at radius 2 is 2.36 bits per heavy atom. The molecule has 1 heterocycles. The topological polar surface area (TPSA) is 77.6 Å². The van der Waals surface area contributed by atoms with Gasteiger partial charge in [0, 0.05) is 12.4 Å². The molecule has 0 bridgehead atoms.